The second kappa shape index (κ2) is 5.87. The number of nitrogens with zero attached hydrogens (tertiary/aromatic N) is 5. The van der Waals surface area contributed by atoms with Crippen LogP contribution < -0.4 is 10.2 Å². The van der Waals surface area contributed by atoms with Crippen LogP contribution in [-0.2, 0) is 7.05 Å². The number of aromatic nitrogens is 4. The van der Waals surface area contributed by atoms with Crippen molar-refractivity contribution in [2.24, 2.45) is 7.05 Å². The molecular formula is C17H20N6. The van der Waals surface area contributed by atoms with E-state index in [2.05, 4.69) is 15.3 Å². The molecule has 3 aromatic rings. The number of nitrogens with one attached hydrogen (secondary N) is 1. The lowest BCUT2D eigenvalue weighted by Crippen LogP contribution is -2.31. The summed E-state index contributed by atoms with van der Waals surface area (Å²) in [6.45, 7) is 2.04. The van der Waals surface area contributed by atoms with Crippen LogP contribution in [0, 0.1) is 0 Å². The fourth-order valence-corrected chi connectivity index (χ4v) is 3.00. The Morgan fingerprint density at radius 2 is 1.78 bits per heavy atom. The maximum Gasteiger partial charge on any atom is 0.229 e. The molecule has 118 valence electrons. The predicted octanol–water partition coefficient (Wildman–Crippen LogP) is 3.10. The lowest BCUT2D eigenvalue weighted by atomic mass is 10.1. The fourth-order valence-electron chi connectivity index (χ4n) is 3.00. The number of fused-ring (bicyclic) bond motifs is 1. The van der Waals surface area contributed by atoms with Crippen LogP contribution in [-0.4, -0.2) is 32.8 Å². The Morgan fingerprint density at radius 3 is 2.57 bits per heavy atom. The van der Waals surface area contributed by atoms with Crippen LogP contribution in [0.4, 0.5) is 17.5 Å². The summed E-state index contributed by atoms with van der Waals surface area (Å²) >= 11 is 0. The van der Waals surface area contributed by atoms with Crippen LogP contribution in [0.1, 0.15) is 19.3 Å². The second-order valence-electron chi connectivity index (χ2n) is 5.92. The van der Waals surface area contributed by atoms with Gasteiger partial charge in [-0.05, 0) is 31.4 Å². The molecule has 0 amide bonds. The topological polar surface area (TPSA) is 58.9 Å². The molecule has 1 saturated heterocycles. The number of aryl methyl sites for hydroxylation is 1. The maximum atomic E-state index is 4.78. The van der Waals surface area contributed by atoms with Crippen molar-refractivity contribution in [2.45, 2.75) is 19.3 Å². The Bertz CT molecular complexity index is 805. The van der Waals surface area contributed by atoms with Gasteiger partial charge in [0.25, 0.3) is 0 Å². The molecule has 0 aliphatic carbocycles. The van der Waals surface area contributed by atoms with Gasteiger partial charge in [-0.25, -0.2) is 0 Å². The van der Waals surface area contributed by atoms with E-state index >= 15 is 0 Å². The van der Waals surface area contributed by atoms with Crippen molar-refractivity contribution in [2.75, 3.05) is 23.3 Å². The van der Waals surface area contributed by atoms with Crippen molar-refractivity contribution in [3.05, 3.63) is 36.5 Å². The van der Waals surface area contributed by atoms with E-state index in [0.29, 0.717) is 0 Å². The molecule has 6 heteroatoms. The summed E-state index contributed by atoms with van der Waals surface area (Å²) in [4.78, 5) is 11.8. The van der Waals surface area contributed by atoms with Gasteiger partial charge in [0.15, 0.2) is 5.65 Å². The van der Waals surface area contributed by atoms with E-state index in [1.807, 2.05) is 43.6 Å². The normalized spacial score (nSPS) is 15.1. The van der Waals surface area contributed by atoms with Crippen LogP contribution in [0.2, 0.25) is 0 Å². The quantitative estimate of drug-likeness (QED) is 0.805. The highest BCUT2D eigenvalue weighted by Gasteiger charge is 2.18. The highest BCUT2D eigenvalue weighted by Crippen LogP contribution is 2.27. The van der Waals surface area contributed by atoms with Gasteiger partial charge in [-0.15, -0.1) is 0 Å². The number of hydrogen-bond acceptors (Lipinski definition) is 5. The molecule has 0 bridgehead atoms. The minimum absolute atomic E-state index is 0.791. The molecule has 1 N–H and O–H groups in total. The lowest BCUT2D eigenvalue weighted by molar-refractivity contribution is 0.568. The van der Waals surface area contributed by atoms with Gasteiger partial charge in [-0.1, -0.05) is 18.2 Å². The van der Waals surface area contributed by atoms with Gasteiger partial charge >= 0.3 is 0 Å². The van der Waals surface area contributed by atoms with Gasteiger partial charge in [-0.3, -0.25) is 4.68 Å². The Kier molecular flexibility index (Phi) is 3.57. The molecule has 0 unspecified atom stereocenters. The van der Waals surface area contributed by atoms with Crippen molar-refractivity contribution >= 4 is 28.5 Å². The minimum atomic E-state index is 0.791. The van der Waals surface area contributed by atoms with Gasteiger partial charge < -0.3 is 10.2 Å². The lowest BCUT2D eigenvalue weighted by Gasteiger charge is -2.27. The first kappa shape index (κ1) is 14.0. The maximum absolute atomic E-state index is 4.78. The summed E-state index contributed by atoms with van der Waals surface area (Å²) in [7, 11) is 1.92. The molecule has 2 aromatic heterocycles. The molecule has 0 saturated carbocycles. The van der Waals surface area contributed by atoms with Gasteiger partial charge in [-0.2, -0.15) is 15.1 Å². The van der Waals surface area contributed by atoms with Crippen LogP contribution in [0.3, 0.4) is 0 Å². The highest BCUT2D eigenvalue weighted by atomic mass is 15.3. The Labute approximate surface area is 135 Å². The van der Waals surface area contributed by atoms with E-state index in [-0.39, 0.29) is 0 Å². The van der Waals surface area contributed by atoms with E-state index in [1.54, 1.807) is 4.68 Å². The zero-order chi connectivity index (χ0) is 15.6. The average molecular weight is 308 g/mol. The molecule has 1 fully saturated rings. The van der Waals surface area contributed by atoms with Gasteiger partial charge in [0.2, 0.25) is 5.95 Å². The van der Waals surface area contributed by atoms with Crippen LogP contribution >= 0.6 is 0 Å². The van der Waals surface area contributed by atoms with Crippen molar-refractivity contribution in [1.82, 2.24) is 19.7 Å². The molecule has 3 heterocycles. The van der Waals surface area contributed by atoms with E-state index in [9.17, 15) is 0 Å². The first-order valence-electron chi connectivity index (χ1n) is 8.08. The Balaban J connectivity index is 1.78. The molecule has 0 radical (unpaired) electrons. The number of rotatable bonds is 3. The van der Waals surface area contributed by atoms with Crippen molar-refractivity contribution in [1.29, 1.82) is 0 Å². The molecule has 1 aromatic carbocycles. The Morgan fingerprint density at radius 1 is 1.00 bits per heavy atom. The molecule has 0 atom stereocenters. The largest absolute Gasteiger partial charge is 0.341 e. The molecular weight excluding hydrogens is 288 g/mol. The number of hydrogen-bond donors (Lipinski definition) is 1. The van der Waals surface area contributed by atoms with Gasteiger partial charge in [0.05, 0.1) is 11.6 Å². The number of piperidine rings is 1. The van der Waals surface area contributed by atoms with E-state index in [1.165, 1.54) is 19.3 Å². The van der Waals surface area contributed by atoms with Gasteiger partial charge in [0.1, 0.15) is 5.82 Å². The molecule has 0 spiro atoms. The van der Waals surface area contributed by atoms with E-state index in [0.717, 1.165) is 41.6 Å². The van der Waals surface area contributed by atoms with Crippen molar-refractivity contribution in [3.63, 3.8) is 0 Å². The van der Waals surface area contributed by atoms with Crippen LogP contribution in [0.5, 0.6) is 0 Å². The molecule has 23 heavy (non-hydrogen) atoms. The predicted molar refractivity (Wildman–Crippen MR) is 92.1 cm³/mol. The van der Waals surface area contributed by atoms with Crippen LogP contribution in [0.25, 0.3) is 11.0 Å². The summed E-state index contributed by atoms with van der Waals surface area (Å²) in [6, 6.07) is 10.1. The molecule has 4 rings (SSSR count). The van der Waals surface area contributed by atoms with Crippen molar-refractivity contribution in [3.8, 4) is 0 Å². The summed E-state index contributed by atoms with van der Waals surface area (Å²) < 4.78 is 1.81. The third-order valence-electron chi connectivity index (χ3n) is 4.26. The van der Waals surface area contributed by atoms with Crippen molar-refractivity contribution < 1.29 is 0 Å². The van der Waals surface area contributed by atoms with Gasteiger partial charge in [0, 0.05) is 25.8 Å². The number of anilines is 3. The fraction of sp³-hybridized carbons (Fsp3) is 0.353. The zero-order valence-corrected chi connectivity index (χ0v) is 13.2. The summed E-state index contributed by atoms with van der Waals surface area (Å²) in [5, 5.41) is 8.69. The smallest absolute Gasteiger partial charge is 0.229 e. The third kappa shape index (κ3) is 2.72. The van der Waals surface area contributed by atoms with Crippen LogP contribution in [0.15, 0.2) is 36.5 Å². The highest BCUT2D eigenvalue weighted by molar-refractivity contribution is 5.89. The summed E-state index contributed by atoms with van der Waals surface area (Å²) in [5.74, 6) is 1.61. The summed E-state index contributed by atoms with van der Waals surface area (Å²) in [5.41, 5.74) is 1.87. The Hall–Kier alpha value is -2.63. The first-order valence-corrected chi connectivity index (χ1v) is 8.08. The SMILES string of the molecule is Cn1ncc2c(Nc3ccccc3)nc(N3CCCCC3)nc21. The standard InChI is InChI=1S/C17H20N6/c1-22-16-14(12-18-22)15(19-13-8-4-2-5-9-13)20-17(21-16)23-10-6-3-7-11-23/h2,4-5,8-9,12H,3,6-7,10-11H2,1H3,(H,19,20,21). The third-order valence-corrected chi connectivity index (χ3v) is 4.26. The zero-order valence-electron chi connectivity index (χ0n) is 13.2. The average Bonchev–Trinajstić information content (AvgIpc) is 2.98. The minimum Gasteiger partial charge on any atom is -0.341 e. The monoisotopic (exact) mass is 308 g/mol. The molecule has 6 nitrogen and oxygen atoms in total. The second-order valence-corrected chi connectivity index (χ2v) is 5.92. The number of para-hydroxylation sites is 1. The summed E-state index contributed by atoms with van der Waals surface area (Å²) in [6.07, 6.45) is 5.52. The van der Waals surface area contributed by atoms with E-state index in [4.69, 9.17) is 9.97 Å². The first-order chi connectivity index (χ1) is 11.3. The number of benzene rings is 1. The van der Waals surface area contributed by atoms with E-state index < -0.39 is 0 Å². The molecule has 1 aliphatic rings. The molecule has 1 aliphatic heterocycles.